The molecule has 1 saturated heterocycles. The molecule has 1 aliphatic carbocycles. The van der Waals surface area contributed by atoms with Crippen LogP contribution < -0.4 is 10.6 Å². The number of carbonyl (C=O) groups is 3. The molecule has 4 amide bonds. The van der Waals surface area contributed by atoms with Gasteiger partial charge in [-0.15, -0.1) is 0 Å². The first kappa shape index (κ1) is 20.3. The molecule has 1 spiro atoms. The van der Waals surface area contributed by atoms with Crippen molar-refractivity contribution < 1.29 is 14.4 Å². The molecule has 0 aromatic heterocycles. The highest BCUT2D eigenvalue weighted by Crippen LogP contribution is 2.36. The molecule has 1 saturated carbocycles. The molecule has 1 heterocycles. The molecular weight excluding hydrogens is 356 g/mol. The van der Waals surface area contributed by atoms with Crippen LogP contribution in [-0.4, -0.2) is 60.4 Å². The first-order valence-corrected chi connectivity index (χ1v) is 9.94. The first-order valence-electron chi connectivity index (χ1n) is 9.94. The fourth-order valence-corrected chi connectivity index (χ4v) is 4.10. The van der Waals surface area contributed by atoms with Crippen molar-refractivity contribution in [2.24, 2.45) is 5.92 Å². The van der Waals surface area contributed by atoms with Crippen molar-refractivity contribution >= 4 is 17.8 Å². The molecule has 1 aliphatic heterocycles. The number of rotatable bonds is 6. The van der Waals surface area contributed by atoms with E-state index in [1.807, 2.05) is 49.3 Å². The van der Waals surface area contributed by atoms with Crippen LogP contribution in [0.15, 0.2) is 30.3 Å². The highest BCUT2D eigenvalue weighted by atomic mass is 16.2. The maximum absolute atomic E-state index is 12.9. The summed E-state index contributed by atoms with van der Waals surface area (Å²) in [7, 11) is 3.91. The van der Waals surface area contributed by atoms with E-state index in [9.17, 15) is 14.4 Å². The molecule has 28 heavy (non-hydrogen) atoms. The first-order chi connectivity index (χ1) is 13.3. The number of nitrogens with zero attached hydrogens (tertiary/aromatic N) is 2. The molecule has 7 nitrogen and oxygen atoms in total. The summed E-state index contributed by atoms with van der Waals surface area (Å²) in [6.07, 6.45) is 3.11. The lowest BCUT2D eigenvalue weighted by Crippen LogP contribution is -2.50. The SMILES string of the molecule is CC1CCC2(CC1)NC(=O)N(CC(=O)NC[C@@H](c1ccccc1)N(C)C)C2=O. The number of hydrogen-bond donors (Lipinski definition) is 2. The lowest BCUT2D eigenvalue weighted by molar-refractivity contribution is -0.136. The number of amides is 4. The Hall–Kier alpha value is -2.41. The monoisotopic (exact) mass is 386 g/mol. The van der Waals surface area contributed by atoms with Gasteiger partial charge in [0.2, 0.25) is 5.91 Å². The fraction of sp³-hybridized carbons (Fsp3) is 0.571. The lowest BCUT2D eigenvalue weighted by atomic mass is 9.77. The van der Waals surface area contributed by atoms with Gasteiger partial charge < -0.3 is 15.5 Å². The van der Waals surface area contributed by atoms with Gasteiger partial charge in [-0.3, -0.25) is 14.5 Å². The summed E-state index contributed by atoms with van der Waals surface area (Å²) in [4.78, 5) is 40.8. The molecule has 2 aliphatic rings. The van der Waals surface area contributed by atoms with Crippen molar-refractivity contribution in [2.75, 3.05) is 27.2 Å². The Morgan fingerprint density at radius 2 is 1.89 bits per heavy atom. The summed E-state index contributed by atoms with van der Waals surface area (Å²) < 4.78 is 0. The Balaban J connectivity index is 1.58. The molecule has 2 N–H and O–H groups in total. The third kappa shape index (κ3) is 4.19. The van der Waals surface area contributed by atoms with E-state index in [0.29, 0.717) is 25.3 Å². The average Bonchev–Trinajstić information content (AvgIpc) is 2.89. The van der Waals surface area contributed by atoms with E-state index >= 15 is 0 Å². The smallest absolute Gasteiger partial charge is 0.325 e. The van der Waals surface area contributed by atoms with Gasteiger partial charge in [-0.05, 0) is 51.3 Å². The largest absolute Gasteiger partial charge is 0.353 e. The number of likely N-dealkylation sites (N-methyl/N-ethyl adjacent to an activating group) is 1. The Morgan fingerprint density at radius 1 is 1.25 bits per heavy atom. The summed E-state index contributed by atoms with van der Waals surface area (Å²) in [6, 6.07) is 9.47. The van der Waals surface area contributed by atoms with E-state index in [-0.39, 0.29) is 24.4 Å². The van der Waals surface area contributed by atoms with Gasteiger partial charge in [-0.2, -0.15) is 0 Å². The second-order valence-electron chi connectivity index (χ2n) is 8.28. The minimum Gasteiger partial charge on any atom is -0.353 e. The van der Waals surface area contributed by atoms with Crippen molar-refractivity contribution in [3.05, 3.63) is 35.9 Å². The van der Waals surface area contributed by atoms with Crippen molar-refractivity contribution in [1.82, 2.24) is 20.4 Å². The van der Waals surface area contributed by atoms with Gasteiger partial charge in [0.05, 0.1) is 6.04 Å². The predicted molar refractivity (Wildman–Crippen MR) is 106 cm³/mol. The van der Waals surface area contributed by atoms with E-state index in [0.717, 1.165) is 23.3 Å². The summed E-state index contributed by atoms with van der Waals surface area (Å²) >= 11 is 0. The van der Waals surface area contributed by atoms with E-state index in [4.69, 9.17) is 0 Å². The normalized spacial score (nSPS) is 25.9. The highest BCUT2D eigenvalue weighted by Gasteiger charge is 2.52. The summed E-state index contributed by atoms with van der Waals surface area (Å²) in [5.41, 5.74) is 0.290. The minimum atomic E-state index is -0.805. The summed E-state index contributed by atoms with van der Waals surface area (Å²) in [5, 5.41) is 5.73. The van der Waals surface area contributed by atoms with Gasteiger partial charge in [0.1, 0.15) is 12.1 Å². The second kappa shape index (κ2) is 8.31. The quantitative estimate of drug-likeness (QED) is 0.732. The third-order valence-corrected chi connectivity index (χ3v) is 5.98. The fourth-order valence-electron chi connectivity index (χ4n) is 4.10. The number of nitrogens with one attached hydrogen (secondary N) is 2. The highest BCUT2D eigenvalue weighted by molar-refractivity contribution is 6.09. The molecule has 0 unspecified atom stereocenters. The van der Waals surface area contributed by atoms with Crippen LogP contribution in [0.3, 0.4) is 0 Å². The van der Waals surface area contributed by atoms with Crippen LogP contribution in [0.4, 0.5) is 4.79 Å². The molecular formula is C21H30N4O3. The molecule has 0 radical (unpaired) electrons. The van der Waals surface area contributed by atoms with Crippen LogP contribution in [0, 0.1) is 5.92 Å². The standard InChI is InChI=1S/C21H30N4O3/c1-15-9-11-21(12-10-15)19(27)25(20(28)23-21)14-18(26)22-13-17(24(2)3)16-7-5-4-6-8-16/h4-8,15,17H,9-14H2,1-3H3,(H,22,26)(H,23,28)/t15?,17-,21?/m0/s1. The number of imide groups is 1. The third-order valence-electron chi connectivity index (χ3n) is 5.98. The number of hydrogen-bond acceptors (Lipinski definition) is 4. The average molecular weight is 386 g/mol. The predicted octanol–water partition coefficient (Wildman–Crippen LogP) is 1.91. The zero-order chi connectivity index (χ0) is 20.3. The van der Waals surface area contributed by atoms with Crippen molar-refractivity contribution in [3.8, 4) is 0 Å². The van der Waals surface area contributed by atoms with Crippen LogP contribution in [-0.2, 0) is 9.59 Å². The molecule has 2 fully saturated rings. The zero-order valence-electron chi connectivity index (χ0n) is 16.9. The topological polar surface area (TPSA) is 81.8 Å². The maximum atomic E-state index is 12.9. The molecule has 3 rings (SSSR count). The van der Waals surface area contributed by atoms with Crippen LogP contribution >= 0.6 is 0 Å². The Bertz CT molecular complexity index is 726. The Labute approximate surface area is 166 Å². The van der Waals surface area contributed by atoms with Crippen LogP contribution in [0.2, 0.25) is 0 Å². The summed E-state index contributed by atoms with van der Waals surface area (Å²) in [5.74, 6) is -0.0205. The maximum Gasteiger partial charge on any atom is 0.325 e. The minimum absolute atomic E-state index is 0.0134. The van der Waals surface area contributed by atoms with Gasteiger partial charge >= 0.3 is 6.03 Å². The second-order valence-corrected chi connectivity index (χ2v) is 8.28. The Kier molecular flexibility index (Phi) is 6.03. The van der Waals surface area contributed by atoms with Crippen LogP contribution in [0.5, 0.6) is 0 Å². The number of carbonyl (C=O) groups excluding carboxylic acids is 3. The van der Waals surface area contributed by atoms with Gasteiger partial charge in [0, 0.05) is 6.54 Å². The van der Waals surface area contributed by atoms with E-state index in [1.165, 1.54) is 0 Å². The van der Waals surface area contributed by atoms with E-state index in [2.05, 4.69) is 17.6 Å². The molecule has 1 aromatic carbocycles. The molecule has 7 heteroatoms. The van der Waals surface area contributed by atoms with Crippen molar-refractivity contribution in [3.63, 3.8) is 0 Å². The van der Waals surface area contributed by atoms with Gasteiger partial charge in [-0.25, -0.2) is 4.79 Å². The number of urea groups is 1. The van der Waals surface area contributed by atoms with Crippen molar-refractivity contribution in [2.45, 2.75) is 44.2 Å². The molecule has 1 aromatic rings. The Morgan fingerprint density at radius 3 is 2.50 bits per heavy atom. The zero-order valence-corrected chi connectivity index (χ0v) is 16.9. The van der Waals surface area contributed by atoms with Gasteiger partial charge in [0.25, 0.3) is 5.91 Å². The van der Waals surface area contributed by atoms with Crippen molar-refractivity contribution in [1.29, 1.82) is 0 Å². The lowest BCUT2D eigenvalue weighted by Gasteiger charge is -2.33. The van der Waals surface area contributed by atoms with Gasteiger partial charge in [-0.1, -0.05) is 37.3 Å². The van der Waals surface area contributed by atoms with Gasteiger partial charge in [0.15, 0.2) is 0 Å². The molecule has 1 atom stereocenters. The molecule has 152 valence electrons. The molecule has 0 bridgehead atoms. The summed E-state index contributed by atoms with van der Waals surface area (Å²) in [6.45, 7) is 2.33. The van der Waals surface area contributed by atoms with Crippen LogP contribution in [0.25, 0.3) is 0 Å². The van der Waals surface area contributed by atoms with E-state index in [1.54, 1.807) is 0 Å². The van der Waals surface area contributed by atoms with Crippen LogP contribution in [0.1, 0.15) is 44.2 Å². The van der Waals surface area contributed by atoms with E-state index < -0.39 is 11.6 Å². The number of benzene rings is 1.